The van der Waals surface area contributed by atoms with Crippen molar-refractivity contribution in [2.75, 3.05) is 0 Å². The minimum absolute atomic E-state index is 1.05. The maximum Gasteiger partial charge on any atom is -0.00858 e. The molecule has 0 atom stereocenters. The minimum Gasteiger partial charge on any atom is -0.0769 e. The molecule has 0 unspecified atom stereocenters. The van der Waals surface area contributed by atoms with Gasteiger partial charge in [-0.3, -0.25) is 0 Å². The summed E-state index contributed by atoms with van der Waals surface area (Å²) in [6.45, 7) is 4.48. The predicted molar refractivity (Wildman–Crippen MR) is 63.1 cm³/mol. The lowest BCUT2D eigenvalue weighted by molar-refractivity contribution is 0.607. The number of unbranched alkanes of at least 4 members (excludes halogenated alkanes) is 5. The Morgan fingerprint density at radius 3 is 2.50 bits per heavy atom. The van der Waals surface area contributed by atoms with Gasteiger partial charge in [0.1, 0.15) is 0 Å². The van der Waals surface area contributed by atoms with Gasteiger partial charge in [0.25, 0.3) is 0 Å². The van der Waals surface area contributed by atoms with Crippen LogP contribution >= 0.6 is 0 Å². The molecule has 0 saturated heterocycles. The molecular weight excluding hydrogens is 168 g/mol. The largest absolute Gasteiger partial charge is 0.0769 e. The van der Waals surface area contributed by atoms with E-state index in [2.05, 4.69) is 26.0 Å². The summed E-state index contributed by atoms with van der Waals surface area (Å²) >= 11 is 0. The van der Waals surface area contributed by atoms with Gasteiger partial charge in [-0.05, 0) is 37.8 Å². The van der Waals surface area contributed by atoms with Gasteiger partial charge in [-0.25, -0.2) is 0 Å². The van der Waals surface area contributed by atoms with Crippen LogP contribution in [0.3, 0.4) is 0 Å². The molecule has 0 N–H and O–H groups in total. The Labute approximate surface area is 89.1 Å². The van der Waals surface area contributed by atoms with E-state index in [1.807, 2.05) is 0 Å². The maximum absolute atomic E-state index is 3.43. The molecule has 0 heteroatoms. The quantitative estimate of drug-likeness (QED) is 0.506. The molecule has 0 spiro atoms. The summed E-state index contributed by atoms with van der Waals surface area (Å²) in [6, 6.07) is 0. The summed E-state index contributed by atoms with van der Waals surface area (Å²) in [5.41, 5.74) is 2.96. The molecule has 0 heterocycles. The lowest BCUT2D eigenvalue weighted by Gasteiger charge is -2.03. The van der Waals surface area contributed by atoms with Crippen molar-refractivity contribution >= 4 is 0 Å². The fourth-order valence-corrected chi connectivity index (χ4v) is 1.96. The number of hydrogen-bond donors (Lipinski definition) is 0. The second kappa shape index (κ2) is 6.86. The molecule has 79 valence electrons. The Bertz CT molecular complexity index is 208. The molecule has 0 bridgehead atoms. The fourth-order valence-electron chi connectivity index (χ4n) is 1.96. The third kappa shape index (κ3) is 4.13. The maximum atomic E-state index is 3.43. The second-order valence-corrected chi connectivity index (χ2v) is 4.26. The van der Waals surface area contributed by atoms with Crippen molar-refractivity contribution < 1.29 is 0 Å². The Balaban J connectivity index is 1.97. The van der Waals surface area contributed by atoms with E-state index in [0.29, 0.717) is 0 Å². The lowest BCUT2D eigenvalue weighted by atomic mass is 10.0. The fraction of sp³-hybridized carbons (Fsp3) is 0.714. The van der Waals surface area contributed by atoms with Crippen molar-refractivity contribution in [1.82, 2.24) is 0 Å². The first-order chi connectivity index (χ1) is 6.84. The van der Waals surface area contributed by atoms with Gasteiger partial charge < -0.3 is 0 Å². The molecule has 0 fully saturated rings. The van der Waals surface area contributed by atoms with Crippen molar-refractivity contribution in [3.05, 3.63) is 23.3 Å². The van der Waals surface area contributed by atoms with Crippen molar-refractivity contribution in [2.24, 2.45) is 0 Å². The van der Waals surface area contributed by atoms with Gasteiger partial charge in [-0.15, -0.1) is 0 Å². The van der Waals surface area contributed by atoms with E-state index >= 15 is 0 Å². The summed E-state index contributed by atoms with van der Waals surface area (Å²) in [5.74, 6) is 0. The van der Waals surface area contributed by atoms with E-state index in [1.165, 1.54) is 56.1 Å². The smallest absolute Gasteiger partial charge is 0.00858 e. The van der Waals surface area contributed by atoms with Crippen molar-refractivity contribution in [2.45, 2.75) is 65.2 Å². The van der Waals surface area contributed by atoms with Gasteiger partial charge in [0, 0.05) is 0 Å². The highest BCUT2D eigenvalue weighted by atomic mass is 14.1. The Morgan fingerprint density at radius 2 is 1.86 bits per heavy atom. The number of hydrogen-bond acceptors (Lipinski definition) is 0. The summed E-state index contributed by atoms with van der Waals surface area (Å²) in [5, 5.41) is 0. The third-order valence-corrected chi connectivity index (χ3v) is 2.98. The average molecular weight is 191 g/mol. The van der Waals surface area contributed by atoms with Gasteiger partial charge in [-0.1, -0.05) is 50.7 Å². The number of allylic oxidation sites excluding steroid dienone is 4. The SMILES string of the molecule is CCCCCCCCC1=[C]CC=C1C. The first-order valence-corrected chi connectivity index (χ1v) is 6.11. The minimum atomic E-state index is 1.05. The van der Waals surface area contributed by atoms with Crippen LogP contribution in [0.25, 0.3) is 0 Å². The van der Waals surface area contributed by atoms with Crippen LogP contribution in [-0.2, 0) is 0 Å². The first kappa shape index (κ1) is 11.6. The normalized spacial score (nSPS) is 15.6. The summed E-state index contributed by atoms with van der Waals surface area (Å²) < 4.78 is 0. The van der Waals surface area contributed by atoms with Crippen LogP contribution in [0.2, 0.25) is 0 Å². The van der Waals surface area contributed by atoms with Crippen LogP contribution in [0.4, 0.5) is 0 Å². The van der Waals surface area contributed by atoms with Crippen LogP contribution < -0.4 is 0 Å². The van der Waals surface area contributed by atoms with Gasteiger partial charge in [-0.2, -0.15) is 0 Å². The van der Waals surface area contributed by atoms with E-state index in [0.717, 1.165) is 6.42 Å². The summed E-state index contributed by atoms with van der Waals surface area (Å²) in [4.78, 5) is 0. The molecule has 0 aliphatic heterocycles. The lowest BCUT2D eigenvalue weighted by Crippen LogP contribution is -1.84. The standard InChI is InChI=1S/C14H23/c1-3-4-5-6-7-8-11-14-12-9-10-13(14)2/h10H,3-9,11H2,1-2H3. The van der Waals surface area contributed by atoms with Crippen molar-refractivity contribution in [3.8, 4) is 0 Å². The molecule has 1 radical (unpaired) electrons. The van der Waals surface area contributed by atoms with Crippen LogP contribution in [0, 0.1) is 6.08 Å². The molecule has 0 aromatic heterocycles. The predicted octanol–water partition coefficient (Wildman–Crippen LogP) is 4.82. The second-order valence-electron chi connectivity index (χ2n) is 4.26. The molecular formula is C14H23. The molecule has 14 heavy (non-hydrogen) atoms. The molecule has 1 rings (SSSR count). The topological polar surface area (TPSA) is 0 Å². The third-order valence-electron chi connectivity index (χ3n) is 2.98. The van der Waals surface area contributed by atoms with Gasteiger partial charge in [0.2, 0.25) is 0 Å². The average Bonchev–Trinajstić information content (AvgIpc) is 2.58. The first-order valence-electron chi connectivity index (χ1n) is 6.11. The van der Waals surface area contributed by atoms with Gasteiger partial charge in [0.05, 0.1) is 0 Å². The van der Waals surface area contributed by atoms with E-state index in [4.69, 9.17) is 0 Å². The molecule has 1 aliphatic rings. The van der Waals surface area contributed by atoms with E-state index in [9.17, 15) is 0 Å². The Kier molecular flexibility index (Phi) is 5.66. The molecule has 1 aliphatic carbocycles. The summed E-state index contributed by atoms with van der Waals surface area (Å²) in [6.07, 6.45) is 16.4. The van der Waals surface area contributed by atoms with E-state index in [-0.39, 0.29) is 0 Å². The molecule has 0 aromatic rings. The monoisotopic (exact) mass is 191 g/mol. The number of rotatable bonds is 7. The highest BCUT2D eigenvalue weighted by Gasteiger charge is 2.04. The zero-order valence-corrected chi connectivity index (χ0v) is 9.73. The highest BCUT2D eigenvalue weighted by molar-refractivity contribution is 5.32. The molecule has 0 saturated carbocycles. The highest BCUT2D eigenvalue weighted by Crippen LogP contribution is 2.23. The van der Waals surface area contributed by atoms with Crippen LogP contribution in [0.15, 0.2) is 17.2 Å². The van der Waals surface area contributed by atoms with Crippen LogP contribution in [0.5, 0.6) is 0 Å². The van der Waals surface area contributed by atoms with Crippen molar-refractivity contribution in [3.63, 3.8) is 0 Å². The Morgan fingerprint density at radius 1 is 1.14 bits per heavy atom. The molecule has 0 nitrogen and oxygen atoms in total. The van der Waals surface area contributed by atoms with Gasteiger partial charge >= 0.3 is 0 Å². The zero-order valence-electron chi connectivity index (χ0n) is 9.73. The Hall–Kier alpha value is -0.520. The van der Waals surface area contributed by atoms with Crippen LogP contribution in [0.1, 0.15) is 65.2 Å². The van der Waals surface area contributed by atoms with E-state index in [1.54, 1.807) is 0 Å². The van der Waals surface area contributed by atoms with Gasteiger partial charge in [0.15, 0.2) is 0 Å². The summed E-state index contributed by atoms with van der Waals surface area (Å²) in [7, 11) is 0. The van der Waals surface area contributed by atoms with Crippen molar-refractivity contribution in [1.29, 1.82) is 0 Å². The molecule has 0 aromatic carbocycles. The molecule has 0 amide bonds. The van der Waals surface area contributed by atoms with Crippen LogP contribution in [-0.4, -0.2) is 0 Å². The zero-order chi connectivity index (χ0) is 10.2. The van der Waals surface area contributed by atoms with E-state index < -0.39 is 0 Å².